The second kappa shape index (κ2) is 5.13. The van der Waals surface area contributed by atoms with Crippen LogP contribution in [0.3, 0.4) is 0 Å². The topological polar surface area (TPSA) is 52.3 Å². The molecule has 0 atom stereocenters. The molecule has 0 unspecified atom stereocenters. The number of hydrogen-bond donors (Lipinski definition) is 0. The van der Waals surface area contributed by atoms with Crippen LogP contribution in [0.1, 0.15) is 11.4 Å². The Morgan fingerprint density at radius 2 is 1.91 bits per heavy atom. The Morgan fingerprint density at radius 3 is 2.59 bits per heavy atom. The SMILES string of the molecule is Cc1cc(Cl)ccc1Oc1ccc2nnc(C(F)(F)F)n2n1. The molecule has 0 spiro atoms. The van der Waals surface area contributed by atoms with Gasteiger partial charge in [-0.15, -0.1) is 15.3 Å². The molecule has 0 saturated carbocycles. The summed E-state index contributed by atoms with van der Waals surface area (Å²) in [4.78, 5) is 0. The quantitative estimate of drug-likeness (QED) is 0.716. The molecule has 0 amide bonds. The van der Waals surface area contributed by atoms with E-state index in [1.54, 1.807) is 25.1 Å². The lowest BCUT2D eigenvalue weighted by Gasteiger charge is -2.09. The van der Waals surface area contributed by atoms with Crippen molar-refractivity contribution in [3.8, 4) is 11.6 Å². The summed E-state index contributed by atoms with van der Waals surface area (Å²) >= 11 is 5.84. The maximum absolute atomic E-state index is 12.8. The van der Waals surface area contributed by atoms with Crippen LogP contribution < -0.4 is 4.74 Å². The number of hydrogen-bond acceptors (Lipinski definition) is 4. The highest BCUT2D eigenvalue weighted by molar-refractivity contribution is 6.30. The third-order valence-corrected chi connectivity index (χ3v) is 3.08. The highest BCUT2D eigenvalue weighted by Crippen LogP contribution is 2.29. The van der Waals surface area contributed by atoms with Crippen molar-refractivity contribution in [2.75, 3.05) is 0 Å². The van der Waals surface area contributed by atoms with Crippen molar-refractivity contribution in [3.63, 3.8) is 0 Å². The largest absolute Gasteiger partial charge is 0.453 e. The molecule has 22 heavy (non-hydrogen) atoms. The van der Waals surface area contributed by atoms with Gasteiger partial charge < -0.3 is 4.74 Å². The number of ether oxygens (including phenoxy) is 1. The summed E-state index contributed by atoms with van der Waals surface area (Å²) in [7, 11) is 0. The fourth-order valence-electron chi connectivity index (χ4n) is 1.84. The van der Waals surface area contributed by atoms with Gasteiger partial charge in [-0.25, -0.2) is 0 Å². The molecule has 9 heteroatoms. The molecule has 0 N–H and O–H groups in total. The fourth-order valence-corrected chi connectivity index (χ4v) is 2.07. The smallest absolute Gasteiger partial charge is 0.437 e. The number of nitrogens with zero attached hydrogens (tertiary/aromatic N) is 4. The van der Waals surface area contributed by atoms with Gasteiger partial charge in [-0.1, -0.05) is 11.6 Å². The summed E-state index contributed by atoms with van der Waals surface area (Å²) in [6.45, 7) is 1.76. The Kier molecular flexibility index (Phi) is 3.40. The zero-order valence-electron chi connectivity index (χ0n) is 11.1. The van der Waals surface area contributed by atoms with Gasteiger partial charge >= 0.3 is 6.18 Å². The molecule has 0 fully saturated rings. The Labute approximate surface area is 127 Å². The first-order valence-corrected chi connectivity index (χ1v) is 6.46. The Bertz CT molecular complexity index is 847. The molecule has 3 aromatic rings. The normalized spacial score (nSPS) is 11.9. The summed E-state index contributed by atoms with van der Waals surface area (Å²) in [5, 5.41) is 10.8. The molecule has 0 radical (unpaired) electrons. The summed E-state index contributed by atoms with van der Waals surface area (Å²) < 4.78 is 44.5. The molecule has 1 aromatic carbocycles. The molecule has 0 aliphatic heterocycles. The predicted octanol–water partition coefficient (Wildman–Crippen LogP) is 3.90. The van der Waals surface area contributed by atoms with Crippen LogP contribution in [0, 0.1) is 6.92 Å². The van der Waals surface area contributed by atoms with E-state index in [-0.39, 0.29) is 11.5 Å². The van der Waals surface area contributed by atoms with Gasteiger partial charge in [0.25, 0.3) is 5.82 Å². The van der Waals surface area contributed by atoms with Crippen molar-refractivity contribution in [1.29, 1.82) is 0 Å². The maximum atomic E-state index is 12.8. The fraction of sp³-hybridized carbons (Fsp3) is 0.154. The average Bonchev–Trinajstić information content (AvgIpc) is 2.85. The highest BCUT2D eigenvalue weighted by Gasteiger charge is 2.37. The van der Waals surface area contributed by atoms with E-state index in [1.165, 1.54) is 12.1 Å². The molecular formula is C13H8ClF3N4O. The van der Waals surface area contributed by atoms with Crippen molar-refractivity contribution in [3.05, 3.63) is 46.7 Å². The maximum Gasteiger partial charge on any atom is 0.453 e. The van der Waals surface area contributed by atoms with Crippen LogP contribution in [0.15, 0.2) is 30.3 Å². The van der Waals surface area contributed by atoms with Crippen molar-refractivity contribution >= 4 is 17.2 Å². The first kappa shape index (κ1) is 14.6. The second-order valence-electron chi connectivity index (χ2n) is 4.47. The molecule has 2 heterocycles. The van der Waals surface area contributed by atoms with Crippen LogP contribution in [-0.4, -0.2) is 19.8 Å². The van der Waals surface area contributed by atoms with E-state index in [4.69, 9.17) is 16.3 Å². The Hall–Kier alpha value is -2.35. The third kappa shape index (κ3) is 2.69. The van der Waals surface area contributed by atoms with Gasteiger partial charge in [0.2, 0.25) is 5.88 Å². The average molecular weight is 329 g/mol. The van der Waals surface area contributed by atoms with E-state index in [0.29, 0.717) is 15.3 Å². The van der Waals surface area contributed by atoms with Crippen LogP contribution in [0.4, 0.5) is 13.2 Å². The summed E-state index contributed by atoms with van der Waals surface area (Å²) in [6.07, 6.45) is -4.65. The van der Waals surface area contributed by atoms with Crippen LogP contribution >= 0.6 is 11.6 Å². The van der Waals surface area contributed by atoms with Crippen molar-refractivity contribution in [2.45, 2.75) is 13.1 Å². The number of aryl methyl sites for hydroxylation is 1. The van der Waals surface area contributed by atoms with E-state index in [1.807, 2.05) is 0 Å². The lowest BCUT2D eigenvalue weighted by molar-refractivity contribution is -0.146. The van der Waals surface area contributed by atoms with Crippen LogP contribution in [0.2, 0.25) is 5.02 Å². The first-order valence-electron chi connectivity index (χ1n) is 6.08. The molecule has 0 saturated heterocycles. The van der Waals surface area contributed by atoms with Crippen LogP contribution in [-0.2, 0) is 6.18 Å². The van der Waals surface area contributed by atoms with Gasteiger partial charge in [-0.3, -0.25) is 0 Å². The summed E-state index contributed by atoms with van der Waals surface area (Å²) in [5.74, 6) is -0.776. The molecule has 5 nitrogen and oxygen atoms in total. The molecule has 114 valence electrons. The van der Waals surface area contributed by atoms with Gasteiger partial charge in [0.15, 0.2) is 5.65 Å². The van der Waals surface area contributed by atoms with Gasteiger partial charge in [0.05, 0.1) is 0 Å². The minimum absolute atomic E-state index is 0.0109. The zero-order chi connectivity index (χ0) is 15.9. The predicted molar refractivity (Wildman–Crippen MR) is 72.0 cm³/mol. The second-order valence-corrected chi connectivity index (χ2v) is 4.91. The van der Waals surface area contributed by atoms with E-state index < -0.39 is 12.0 Å². The van der Waals surface area contributed by atoms with Crippen LogP contribution in [0.5, 0.6) is 11.6 Å². The van der Waals surface area contributed by atoms with Crippen molar-refractivity contribution < 1.29 is 17.9 Å². The third-order valence-electron chi connectivity index (χ3n) is 2.84. The van der Waals surface area contributed by atoms with E-state index in [9.17, 15) is 13.2 Å². The first-order chi connectivity index (χ1) is 10.3. The lowest BCUT2D eigenvalue weighted by atomic mass is 10.2. The number of rotatable bonds is 2. The standard InChI is InChI=1S/C13H8ClF3N4O/c1-7-6-8(14)2-3-9(7)22-11-5-4-10-18-19-12(13(15,16)17)21(10)20-11/h2-6H,1H3. The number of alkyl halides is 3. The Balaban J connectivity index is 2.01. The molecule has 0 aliphatic rings. The molecule has 2 aromatic heterocycles. The monoisotopic (exact) mass is 328 g/mol. The molecular weight excluding hydrogens is 321 g/mol. The Morgan fingerprint density at radius 1 is 1.14 bits per heavy atom. The zero-order valence-corrected chi connectivity index (χ0v) is 11.9. The summed E-state index contributed by atoms with van der Waals surface area (Å²) in [6, 6.07) is 7.66. The minimum atomic E-state index is -4.65. The number of aromatic nitrogens is 4. The van der Waals surface area contributed by atoms with E-state index >= 15 is 0 Å². The number of benzene rings is 1. The van der Waals surface area contributed by atoms with E-state index in [0.717, 1.165) is 5.56 Å². The lowest BCUT2D eigenvalue weighted by Crippen LogP contribution is -2.12. The van der Waals surface area contributed by atoms with Gasteiger partial charge in [-0.05, 0) is 36.8 Å². The van der Waals surface area contributed by atoms with Crippen LogP contribution in [0.25, 0.3) is 5.65 Å². The molecule has 3 rings (SSSR count). The van der Waals surface area contributed by atoms with Gasteiger partial charge in [0.1, 0.15) is 5.75 Å². The molecule has 0 bridgehead atoms. The van der Waals surface area contributed by atoms with Gasteiger partial charge in [0, 0.05) is 11.1 Å². The highest BCUT2D eigenvalue weighted by atomic mass is 35.5. The summed E-state index contributed by atoms with van der Waals surface area (Å²) in [5.41, 5.74) is 0.710. The number of fused-ring (bicyclic) bond motifs is 1. The van der Waals surface area contributed by atoms with Crippen molar-refractivity contribution in [2.24, 2.45) is 0 Å². The van der Waals surface area contributed by atoms with E-state index in [2.05, 4.69) is 15.3 Å². The van der Waals surface area contributed by atoms with Gasteiger partial charge in [-0.2, -0.15) is 17.7 Å². The minimum Gasteiger partial charge on any atom is -0.437 e. The molecule has 0 aliphatic carbocycles. The number of halogens is 4. The van der Waals surface area contributed by atoms with Crippen molar-refractivity contribution in [1.82, 2.24) is 19.8 Å².